The summed E-state index contributed by atoms with van der Waals surface area (Å²) < 4.78 is 5.55. The molecule has 1 fully saturated rings. The number of hydrazine groups is 1. The van der Waals surface area contributed by atoms with E-state index in [-0.39, 0.29) is 16.8 Å². The number of hydrazone groups is 1. The lowest BCUT2D eigenvalue weighted by Gasteiger charge is -2.21. The van der Waals surface area contributed by atoms with Crippen molar-refractivity contribution in [2.75, 3.05) is 12.4 Å². The average molecular weight is 689 g/mol. The minimum atomic E-state index is -0.436. The lowest BCUT2D eigenvalue weighted by Crippen LogP contribution is -2.45. The first-order valence-corrected chi connectivity index (χ1v) is 16.2. The van der Waals surface area contributed by atoms with E-state index in [1.165, 1.54) is 0 Å². The predicted molar refractivity (Wildman–Crippen MR) is 188 cm³/mol. The first-order chi connectivity index (χ1) is 22.3. The molecule has 8 nitrogen and oxygen atoms in total. The maximum Gasteiger partial charge on any atom is 0.286 e. The Morgan fingerprint density at radius 3 is 2.41 bits per heavy atom. The van der Waals surface area contributed by atoms with Gasteiger partial charge in [0.2, 0.25) is 5.91 Å². The summed E-state index contributed by atoms with van der Waals surface area (Å²) in [5, 5.41) is 11.9. The molecule has 2 N–H and O–H groups in total. The highest BCUT2D eigenvalue weighted by Gasteiger charge is 2.36. The van der Waals surface area contributed by atoms with Crippen molar-refractivity contribution < 1.29 is 14.3 Å². The van der Waals surface area contributed by atoms with Gasteiger partial charge in [-0.3, -0.25) is 20.0 Å². The fourth-order valence-electron chi connectivity index (χ4n) is 5.11. The first kappa shape index (κ1) is 31.6. The van der Waals surface area contributed by atoms with Crippen molar-refractivity contribution in [1.82, 2.24) is 15.4 Å². The van der Waals surface area contributed by atoms with Crippen LogP contribution in [0.5, 0.6) is 5.75 Å². The maximum absolute atomic E-state index is 13.6. The highest BCUT2D eigenvalue weighted by molar-refractivity contribution is 8.26. The largest absolute Gasteiger partial charge is 0.497 e. The van der Waals surface area contributed by atoms with E-state index in [0.29, 0.717) is 38.3 Å². The number of amides is 2. The van der Waals surface area contributed by atoms with E-state index in [1.807, 2.05) is 78.9 Å². The van der Waals surface area contributed by atoms with Crippen molar-refractivity contribution in [2.45, 2.75) is 18.9 Å². The van der Waals surface area contributed by atoms with Gasteiger partial charge in [-0.25, -0.2) is 0 Å². The number of methoxy groups -OCH3 is 1. The number of hydrogen-bond donors (Lipinski definition) is 2. The average Bonchev–Trinajstić information content (AvgIpc) is 3.60. The zero-order valence-electron chi connectivity index (χ0n) is 24.4. The molecule has 0 aliphatic carbocycles. The number of carbonyl (C=O) groups is 2. The number of benzene rings is 4. The molecule has 2 aliphatic heterocycles. The third kappa shape index (κ3) is 6.90. The van der Waals surface area contributed by atoms with Gasteiger partial charge in [-0.1, -0.05) is 102 Å². The third-order valence-electron chi connectivity index (χ3n) is 7.42. The van der Waals surface area contributed by atoms with Crippen LogP contribution < -0.4 is 15.5 Å². The summed E-state index contributed by atoms with van der Waals surface area (Å²) >= 11 is 19.3. The number of ether oxygens (including phenoxy) is 1. The van der Waals surface area contributed by atoms with Gasteiger partial charge in [-0.05, 0) is 59.2 Å². The molecule has 2 amide bonds. The molecule has 4 aromatic carbocycles. The first-order valence-electron chi connectivity index (χ1n) is 14.2. The highest BCUT2D eigenvalue weighted by atomic mass is 35.5. The van der Waals surface area contributed by atoms with Crippen molar-refractivity contribution in [1.29, 1.82) is 0 Å². The van der Waals surface area contributed by atoms with Gasteiger partial charge in [-0.2, -0.15) is 10.1 Å². The lowest BCUT2D eigenvalue weighted by molar-refractivity contribution is -0.132. The predicted octanol–water partition coefficient (Wildman–Crippen LogP) is 7.87. The van der Waals surface area contributed by atoms with E-state index in [4.69, 9.17) is 45.3 Å². The minimum absolute atomic E-state index is 0.0300. The molecule has 0 saturated carbocycles. The van der Waals surface area contributed by atoms with E-state index < -0.39 is 11.8 Å². The van der Waals surface area contributed by atoms with Crippen molar-refractivity contribution in [3.8, 4) is 5.75 Å². The van der Waals surface area contributed by atoms with Gasteiger partial charge < -0.3 is 10.1 Å². The van der Waals surface area contributed by atoms with Gasteiger partial charge in [0.1, 0.15) is 5.75 Å². The molecule has 0 radical (unpaired) electrons. The standard InChI is InChI=1S/C34H27Cl2N5O3S2/c1-44-24-16-14-22(15-17-24)29-19-28(21-8-3-2-4-9-21)38-40(29)20-30-33(43)41(34(45)46-30)39-31(42)18-23-10-5-6-13-27(23)37-32-25(35)11-7-12-26(32)36/h2-17,20,29,37H,18-19H2,1H3,(H,39,42)/b30-20-. The summed E-state index contributed by atoms with van der Waals surface area (Å²) in [7, 11) is 1.63. The summed E-state index contributed by atoms with van der Waals surface area (Å²) in [5.74, 6) is -0.103. The second-order valence-electron chi connectivity index (χ2n) is 10.4. The molecule has 0 spiro atoms. The molecule has 12 heteroatoms. The topological polar surface area (TPSA) is 86.3 Å². The molecule has 2 heterocycles. The summed E-state index contributed by atoms with van der Waals surface area (Å²) in [6.45, 7) is 0. The van der Waals surface area contributed by atoms with Gasteiger partial charge in [-0.15, -0.1) is 0 Å². The number of nitrogens with zero attached hydrogens (tertiary/aromatic N) is 3. The Labute approximate surface area is 286 Å². The Kier molecular flexibility index (Phi) is 9.60. The van der Waals surface area contributed by atoms with Crippen molar-refractivity contribution >= 4 is 80.4 Å². The van der Waals surface area contributed by atoms with Crippen LogP contribution in [0.3, 0.4) is 0 Å². The van der Waals surface area contributed by atoms with Gasteiger partial charge in [0.15, 0.2) is 4.32 Å². The molecule has 46 heavy (non-hydrogen) atoms. The molecule has 1 atom stereocenters. The fourth-order valence-corrected chi connectivity index (χ4v) is 6.75. The molecule has 0 aromatic heterocycles. The van der Waals surface area contributed by atoms with Crippen LogP contribution in [0.25, 0.3) is 0 Å². The quantitative estimate of drug-likeness (QED) is 0.137. The Morgan fingerprint density at radius 1 is 1.00 bits per heavy atom. The van der Waals surface area contributed by atoms with E-state index >= 15 is 0 Å². The number of para-hydroxylation sites is 2. The summed E-state index contributed by atoms with van der Waals surface area (Å²) in [6, 6.07) is 30.1. The van der Waals surface area contributed by atoms with Gasteiger partial charge >= 0.3 is 0 Å². The second-order valence-corrected chi connectivity index (χ2v) is 12.9. The molecular formula is C34H27Cl2N5O3S2. The zero-order valence-corrected chi connectivity index (χ0v) is 27.6. The lowest BCUT2D eigenvalue weighted by atomic mass is 9.98. The number of thiocarbonyl (C=S) groups is 1. The SMILES string of the molecule is COc1ccc(C2CC(c3ccccc3)=NN2/C=C2\SC(=S)N(NC(=O)Cc3ccccc3Nc3c(Cl)cccc3Cl)C2=O)cc1. The smallest absolute Gasteiger partial charge is 0.286 e. The van der Waals surface area contributed by atoms with Crippen LogP contribution in [0.2, 0.25) is 10.0 Å². The molecule has 1 saturated heterocycles. The van der Waals surface area contributed by atoms with Crippen LogP contribution in [0.15, 0.2) is 113 Å². The molecule has 0 bridgehead atoms. The second kappa shape index (κ2) is 14.0. The Morgan fingerprint density at radius 2 is 1.70 bits per heavy atom. The summed E-state index contributed by atoms with van der Waals surface area (Å²) in [5.41, 5.74) is 7.46. The third-order valence-corrected chi connectivity index (χ3v) is 9.34. The molecule has 232 valence electrons. The molecule has 1 unspecified atom stereocenters. The molecule has 4 aromatic rings. The Hall–Kier alpha value is -4.35. The Balaban J connectivity index is 1.19. The minimum Gasteiger partial charge on any atom is -0.497 e. The summed E-state index contributed by atoms with van der Waals surface area (Å²) in [4.78, 5) is 27.1. The number of anilines is 2. The van der Waals surface area contributed by atoms with Crippen LogP contribution in [0, 0.1) is 0 Å². The van der Waals surface area contributed by atoms with Gasteiger partial charge in [0.05, 0.1) is 45.9 Å². The highest BCUT2D eigenvalue weighted by Crippen LogP contribution is 2.38. The van der Waals surface area contributed by atoms with Gasteiger partial charge in [0.25, 0.3) is 5.91 Å². The Bertz CT molecular complexity index is 1850. The summed E-state index contributed by atoms with van der Waals surface area (Å²) in [6.07, 6.45) is 2.30. The number of rotatable bonds is 9. The van der Waals surface area contributed by atoms with Crippen LogP contribution in [-0.2, 0) is 16.0 Å². The van der Waals surface area contributed by atoms with Crippen molar-refractivity contribution in [3.05, 3.63) is 135 Å². The molecular weight excluding hydrogens is 661 g/mol. The van der Waals surface area contributed by atoms with Crippen molar-refractivity contribution in [3.63, 3.8) is 0 Å². The van der Waals surface area contributed by atoms with E-state index in [1.54, 1.807) is 36.5 Å². The van der Waals surface area contributed by atoms with Crippen LogP contribution >= 0.6 is 47.2 Å². The number of nitrogens with one attached hydrogen (secondary N) is 2. The van der Waals surface area contributed by atoms with E-state index in [9.17, 15) is 9.59 Å². The van der Waals surface area contributed by atoms with Crippen LogP contribution in [0.4, 0.5) is 11.4 Å². The van der Waals surface area contributed by atoms with Gasteiger partial charge in [0, 0.05) is 18.3 Å². The van der Waals surface area contributed by atoms with Crippen molar-refractivity contribution in [2.24, 2.45) is 5.10 Å². The maximum atomic E-state index is 13.6. The van der Waals surface area contributed by atoms with E-state index in [0.717, 1.165) is 39.4 Å². The number of carbonyl (C=O) groups excluding carboxylic acids is 2. The normalized spacial score (nSPS) is 17.0. The van der Waals surface area contributed by atoms with Crippen LogP contribution in [-0.4, -0.2) is 39.0 Å². The van der Waals surface area contributed by atoms with Crippen LogP contribution in [0.1, 0.15) is 29.2 Å². The van der Waals surface area contributed by atoms with E-state index in [2.05, 4.69) is 10.7 Å². The molecule has 2 aliphatic rings. The number of halogens is 2. The zero-order chi connectivity index (χ0) is 32.2. The molecule has 6 rings (SSSR count). The fraction of sp³-hybridized carbons (Fsp3) is 0.118. The monoisotopic (exact) mass is 687 g/mol. The number of hydrogen-bond acceptors (Lipinski definition) is 8. The number of thioether (sulfide) groups is 1.